The molecule has 1 heterocycles. The summed E-state index contributed by atoms with van der Waals surface area (Å²) < 4.78 is 0. The Labute approximate surface area is 77.2 Å². The lowest BCUT2D eigenvalue weighted by Gasteiger charge is -2.11. The first-order valence-corrected chi connectivity index (χ1v) is 4.24. The molecule has 1 aliphatic carbocycles. The number of hydrogen-bond donors (Lipinski definition) is 0. The van der Waals surface area contributed by atoms with Crippen LogP contribution >= 0.6 is 0 Å². The first-order valence-electron chi connectivity index (χ1n) is 4.24. The van der Waals surface area contributed by atoms with Crippen LogP contribution in [0.2, 0.25) is 0 Å². The van der Waals surface area contributed by atoms with Crippen LogP contribution in [0.5, 0.6) is 0 Å². The molecule has 0 N–H and O–H groups in total. The lowest BCUT2D eigenvalue weighted by Crippen LogP contribution is -2.00. The molecule has 0 aromatic carbocycles. The van der Waals surface area contributed by atoms with Gasteiger partial charge in [-0.1, -0.05) is 32.1 Å². The summed E-state index contributed by atoms with van der Waals surface area (Å²) >= 11 is 0. The molecule has 0 aliphatic heterocycles. The summed E-state index contributed by atoms with van der Waals surface area (Å²) in [5, 5.41) is 11.3. The Morgan fingerprint density at radius 1 is 1.15 bits per heavy atom. The van der Waals surface area contributed by atoms with Gasteiger partial charge in [0.05, 0.1) is 11.9 Å². The minimum absolute atomic E-state index is 0.0840. The summed E-state index contributed by atoms with van der Waals surface area (Å²) in [6.45, 7) is 4.29. The van der Waals surface area contributed by atoms with Crippen molar-refractivity contribution in [2.75, 3.05) is 0 Å². The van der Waals surface area contributed by atoms with Crippen LogP contribution in [0.1, 0.15) is 25.1 Å². The highest BCUT2D eigenvalue weighted by Crippen LogP contribution is 2.25. The fourth-order valence-corrected chi connectivity index (χ4v) is 1.20. The first-order chi connectivity index (χ1) is 6.17. The zero-order chi connectivity index (χ0) is 9.31. The van der Waals surface area contributed by atoms with E-state index in [1.54, 1.807) is 6.20 Å². The fourth-order valence-electron chi connectivity index (χ4n) is 1.20. The summed E-state index contributed by atoms with van der Waals surface area (Å²) in [6.07, 6.45) is 10.0. The van der Waals surface area contributed by atoms with E-state index >= 15 is 0 Å². The van der Waals surface area contributed by atoms with Gasteiger partial charge in [-0.25, -0.2) is 0 Å². The normalized spacial score (nSPS) is 18.0. The second kappa shape index (κ2) is 2.76. The van der Waals surface area contributed by atoms with Crippen LogP contribution in [0.15, 0.2) is 18.3 Å². The van der Waals surface area contributed by atoms with Gasteiger partial charge < -0.3 is 0 Å². The van der Waals surface area contributed by atoms with Gasteiger partial charge in [-0.3, -0.25) is 0 Å². The van der Waals surface area contributed by atoms with Gasteiger partial charge in [0.2, 0.25) is 0 Å². The predicted molar refractivity (Wildman–Crippen MR) is 51.7 cm³/mol. The SMILES string of the molecule is CC1(C)C=Cc2cnnnc2C=C1. The molecule has 3 nitrogen and oxygen atoms in total. The summed E-state index contributed by atoms with van der Waals surface area (Å²) in [5.41, 5.74) is 1.99. The van der Waals surface area contributed by atoms with Crippen LogP contribution < -0.4 is 0 Å². The van der Waals surface area contributed by atoms with E-state index in [1.807, 2.05) is 12.2 Å². The molecule has 0 radical (unpaired) electrons. The standard InChI is InChI=1S/C10H11N3/c1-10(2)5-3-8-7-11-13-12-9(8)4-6-10/h3-7H,1-2H3. The van der Waals surface area contributed by atoms with Gasteiger partial charge in [-0.15, -0.1) is 10.2 Å². The van der Waals surface area contributed by atoms with E-state index in [4.69, 9.17) is 0 Å². The molecular formula is C10H11N3. The van der Waals surface area contributed by atoms with Crippen molar-refractivity contribution in [3.63, 3.8) is 0 Å². The minimum atomic E-state index is 0.0840. The summed E-state index contributed by atoms with van der Waals surface area (Å²) in [5.74, 6) is 0. The van der Waals surface area contributed by atoms with Crippen molar-refractivity contribution >= 4 is 12.2 Å². The van der Waals surface area contributed by atoms with E-state index < -0.39 is 0 Å². The molecule has 3 heteroatoms. The van der Waals surface area contributed by atoms with Gasteiger partial charge in [0.25, 0.3) is 0 Å². The molecule has 0 fully saturated rings. The maximum atomic E-state index is 3.95. The average molecular weight is 173 g/mol. The van der Waals surface area contributed by atoms with E-state index in [0.717, 1.165) is 11.3 Å². The number of hydrogen-bond acceptors (Lipinski definition) is 3. The third-order valence-corrected chi connectivity index (χ3v) is 2.06. The van der Waals surface area contributed by atoms with Crippen LogP contribution in [0.4, 0.5) is 0 Å². The first kappa shape index (κ1) is 8.10. The van der Waals surface area contributed by atoms with Gasteiger partial charge in [0, 0.05) is 11.0 Å². The van der Waals surface area contributed by atoms with Crippen LogP contribution in [0.3, 0.4) is 0 Å². The van der Waals surface area contributed by atoms with Crippen molar-refractivity contribution < 1.29 is 0 Å². The molecule has 0 bridgehead atoms. The highest BCUT2D eigenvalue weighted by Gasteiger charge is 2.12. The zero-order valence-electron chi connectivity index (χ0n) is 7.73. The monoisotopic (exact) mass is 173 g/mol. The third-order valence-electron chi connectivity index (χ3n) is 2.06. The molecule has 13 heavy (non-hydrogen) atoms. The third kappa shape index (κ3) is 1.64. The van der Waals surface area contributed by atoms with Gasteiger partial charge in [0.1, 0.15) is 0 Å². The highest BCUT2D eigenvalue weighted by molar-refractivity contribution is 5.64. The highest BCUT2D eigenvalue weighted by atomic mass is 15.3. The maximum Gasteiger partial charge on any atom is 0.0960 e. The van der Waals surface area contributed by atoms with Crippen molar-refractivity contribution in [3.8, 4) is 0 Å². The molecule has 0 spiro atoms. The van der Waals surface area contributed by atoms with Gasteiger partial charge in [-0.2, -0.15) is 0 Å². The molecule has 66 valence electrons. The molecule has 0 amide bonds. The van der Waals surface area contributed by atoms with Crippen LogP contribution in [-0.4, -0.2) is 15.4 Å². The van der Waals surface area contributed by atoms with Crippen molar-refractivity contribution in [2.24, 2.45) is 5.41 Å². The van der Waals surface area contributed by atoms with Gasteiger partial charge in [-0.05, 0) is 11.3 Å². The van der Waals surface area contributed by atoms with Crippen LogP contribution in [0.25, 0.3) is 12.2 Å². The zero-order valence-corrected chi connectivity index (χ0v) is 7.73. The summed E-state index contributed by atoms with van der Waals surface area (Å²) in [7, 11) is 0. The largest absolute Gasteiger partial charge is 0.138 e. The van der Waals surface area contributed by atoms with Gasteiger partial charge >= 0.3 is 0 Å². The van der Waals surface area contributed by atoms with E-state index in [1.165, 1.54) is 0 Å². The Morgan fingerprint density at radius 2 is 1.92 bits per heavy atom. The Hall–Kier alpha value is -1.51. The van der Waals surface area contributed by atoms with E-state index in [9.17, 15) is 0 Å². The van der Waals surface area contributed by atoms with Crippen LogP contribution in [-0.2, 0) is 0 Å². The van der Waals surface area contributed by atoms with E-state index in [-0.39, 0.29) is 5.41 Å². The molecule has 0 saturated heterocycles. The topological polar surface area (TPSA) is 38.7 Å². The number of allylic oxidation sites excluding steroid dienone is 2. The number of aromatic nitrogens is 3. The number of fused-ring (bicyclic) bond motifs is 1. The smallest absolute Gasteiger partial charge is 0.0960 e. The Kier molecular flexibility index (Phi) is 1.72. The van der Waals surface area contributed by atoms with Crippen molar-refractivity contribution in [2.45, 2.75) is 13.8 Å². The minimum Gasteiger partial charge on any atom is -0.138 e. The van der Waals surface area contributed by atoms with Crippen molar-refractivity contribution in [1.82, 2.24) is 15.4 Å². The molecule has 1 aromatic heterocycles. The fraction of sp³-hybridized carbons (Fsp3) is 0.300. The Morgan fingerprint density at radius 3 is 2.77 bits per heavy atom. The molecule has 1 aliphatic rings. The Bertz CT molecular complexity index is 343. The molecule has 0 saturated carbocycles. The van der Waals surface area contributed by atoms with E-state index in [2.05, 4.69) is 41.4 Å². The molecule has 1 aromatic rings. The van der Waals surface area contributed by atoms with Crippen molar-refractivity contribution in [1.29, 1.82) is 0 Å². The Balaban J connectivity index is 2.53. The second-order valence-corrected chi connectivity index (χ2v) is 3.76. The summed E-state index contributed by atoms with van der Waals surface area (Å²) in [4.78, 5) is 0. The lowest BCUT2D eigenvalue weighted by molar-refractivity contribution is 0.633. The summed E-state index contributed by atoms with van der Waals surface area (Å²) in [6, 6.07) is 0. The molecule has 0 unspecified atom stereocenters. The number of nitrogens with zero attached hydrogens (tertiary/aromatic N) is 3. The van der Waals surface area contributed by atoms with Gasteiger partial charge in [0.15, 0.2) is 0 Å². The lowest BCUT2D eigenvalue weighted by atomic mass is 9.93. The van der Waals surface area contributed by atoms with Crippen molar-refractivity contribution in [3.05, 3.63) is 29.6 Å². The number of rotatable bonds is 0. The quantitative estimate of drug-likeness (QED) is 0.601. The van der Waals surface area contributed by atoms with Crippen LogP contribution in [0, 0.1) is 5.41 Å². The predicted octanol–water partition coefficient (Wildman–Crippen LogP) is 1.94. The molecule has 0 atom stereocenters. The molecule has 2 rings (SSSR count). The molecular weight excluding hydrogens is 162 g/mol. The average Bonchev–Trinajstić information content (AvgIpc) is 2.27. The van der Waals surface area contributed by atoms with E-state index in [0.29, 0.717) is 0 Å². The second-order valence-electron chi connectivity index (χ2n) is 3.76. The maximum absolute atomic E-state index is 3.95.